The Morgan fingerprint density at radius 3 is 2.71 bits per heavy atom. The Kier molecular flexibility index (Phi) is 3.88. The molecule has 92 valence electrons. The highest BCUT2D eigenvalue weighted by atomic mass is 14.9. The molecule has 0 saturated carbocycles. The van der Waals surface area contributed by atoms with E-state index in [0.29, 0.717) is 0 Å². The standard InChI is InChI=1S/C16H23N/c1-4-5-9-17-10-8-15-12-14(11-13(2)3)6-7-16(15)17/h6-8,10,12-13H,4-5,9,11H2,1-3H3. The van der Waals surface area contributed by atoms with E-state index >= 15 is 0 Å². The van der Waals surface area contributed by atoms with Gasteiger partial charge in [0.25, 0.3) is 0 Å². The first-order valence-corrected chi connectivity index (χ1v) is 6.78. The second kappa shape index (κ2) is 5.39. The molecule has 1 aromatic heterocycles. The molecule has 0 saturated heterocycles. The molecule has 0 spiro atoms. The Bertz CT molecular complexity index is 479. The van der Waals surface area contributed by atoms with Crippen LogP contribution in [0.1, 0.15) is 39.2 Å². The predicted molar refractivity (Wildman–Crippen MR) is 75.4 cm³/mol. The maximum Gasteiger partial charge on any atom is 0.0480 e. The van der Waals surface area contributed by atoms with Gasteiger partial charge in [0.2, 0.25) is 0 Å². The summed E-state index contributed by atoms with van der Waals surface area (Å²) in [6.45, 7) is 7.93. The molecule has 0 aliphatic carbocycles. The first-order valence-electron chi connectivity index (χ1n) is 6.78. The zero-order chi connectivity index (χ0) is 12.3. The molecule has 0 aliphatic heterocycles. The molecule has 2 rings (SSSR count). The van der Waals surface area contributed by atoms with Crippen LogP contribution in [-0.4, -0.2) is 4.57 Å². The number of rotatable bonds is 5. The van der Waals surface area contributed by atoms with Crippen molar-refractivity contribution in [1.82, 2.24) is 4.57 Å². The van der Waals surface area contributed by atoms with Crippen molar-refractivity contribution in [3.63, 3.8) is 0 Å². The summed E-state index contributed by atoms with van der Waals surface area (Å²) in [5.74, 6) is 0.731. The van der Waals surface area contributed by atoms with E-state index in [1.165, 1.54) is 35.7 Å². The number of aryl methyl sites for hydroxylation is 1. The van der Waals surface area contributed by atoms with Gasteiger partial charge in [-0.15, -0.1) is 0 Å². The van der Waals surface area contributed by atoms with Crippen molar-refractivity contribution < 1.29 is 0 Å². The fraction of sp³-hybridized carbons (Fsp3) is 0.500. The summed E-state index contributed by atoms with van der Waals surface area (Å²) in [5, 5.41) is 1.39. The second-order valence-corrected chi connectivity index (χ2v) is 5.35. The molecule has 1 nitrogen and oxygen atoms in total. The fourth-order valence-electron chi connectivity index (χ4n) is 2.37. The molecule has 0 atom stereocenters. The summed E-state index contributed by atoms with van der Waals surface area (Å²) in [6.07, 6.45) is 5.91. The molecule has 1 heterocycles. The van der Waals surface area contributed by atoms with Gasteiger partial charge in [-0.1, -0.05) is 33.3 Å². The van der Waals surface area contributed by atoms with Crippen LogP contribution < -0.4 is 0 Å². The zero-order valence-corrected chi connectivity index (χ0v) is 11.2. The van der Waals surface area contributed by atoms with Crippen LogP contribution in [0.5, 0.6) is 0 Å². The fourth-order valence-corrected chi connectivity index (χ4v) is 2.37. The molecular weight excluding hydrogens is 206 g/mol. The van der Waals surface area contributed by atoms with E-state index in [4.69, 9.17) is 0 Å². The van der Waals surface area contributed by atoms with Crippen molar-refractivity contribution in [2.75, 3.05) is 0 Å². The van der Waals surface area contributed by atoms with Crippen molar-refractivity contribution in [2.45, 2.75) is 46.6 Å². The SMILES string of the molecule is CCCCn1ccc2cc(CC(C)C)ccc21. The Labute approximate surface area is 104 Å². The maximum atomic E-state index is 2.37. The summed E-state index contributed by atoms with van der Waals surface area (Å²) in [7, 11) is 0. The molecule has 0 bridgehead atoms. The summed E-state index contributed by atoms with van der Waals surface area (Å²) in [6, 6.07) is 9.15. The van der Waals surface area contributed by atoms with E-state index in [1.54, 1.807) is 0 Å². The highest BCUT2D eigenvalue weighted by Crippen LogP contribution is 2.20. The van der Waals surface area contributed by atoms with Gasteiger partial charge in [-0.25, -0.2) is 0 Å². The molecule has 2 aromatic rings. The first-order chi connectivity index (χ1) is 8.20. The number of benzene rings is 1. The third-order valence-corrected chi connectivity index (χ3v) is 3.23. The first kappa shape index (κ1) is 12.2. The molecule has 1 heteroatoms. The van der Waals surface area contributed by atoms with Gasteiger partial charge in [0.1, 0.15) is 0 Å². The Morgan fingerprint density at radius 1 is 1.18 bits per heavy atom. The smallest absolute Gasteiger partial charge is 0.0480 e. The Balaban J connectivity index is 2.25. The van der Waals surface area contributed by atoms with Crippen LogP contribution in [0, 0.1) is 5.92 Å². The van der Waals surface area contributed by atoms with E-state index in [-0.39, 0.29) is 0 Å². The minimum Gasteiger partial charge on any atom is -0.347 e. The lowest BCUT2D eigenvalue weighted by Crippen LogP contribution is -1.96. The van der Waals surface area contributed by atoms with Gasteiger partial charge in [-0.05, 0) is 47.9 Å². The molecule has 0 fully saturated rings. The third kappa shape index (κ3) is 2.91. The van der Waals surface area contributed by atoms with Crippen LogP contribution in [0.3, 0.4) is 0 Å². The van der Waals surface area contributed by atoms with E-state index < -0.39 is 0 Å². The second-order valence-electron chi connectivity index (χ2n) is 5.35. The monoisotopic (exact) mass is 229 g/mol. The lowest BCUT2D eigenvalue weighted by Gasteiger charge is -2.07. The number of aromatic nitrogens is 1. The van der Waals surface area contributed by atoms with Gasteiger partial charge in [0, 0.05) is 18.3 Å². The average Bonchev–Trinajstić information content (AvgIpc) is 2.68. The maximum absolute atomic E-state index is 2.37. The highest BCUT2D eigenvalue weighted by molar-refractivity contribution is 5.80. The summed E-state index contributed by atoms with van der Waals surface area (Å²) in [5.41, 5.74) is 2.84. The van der Waals surface area contributed by atoms with Gasteiger partial charge < -0.3 is 4.57 Å². The molecule has 0 amide bonds. The third-order valence-electron chi connectivity index (χ3n) is 3.23. The van der Waals surface area contributed by atoms with Crippen molar-refractivity contribution in [3.8, 4) is 0 Å². The molecule has 0 radical (unpaired) electrons. The largest absolute Gasteiger partial charge is 0.347 e. The van der Waals surface area contributed by atoms with Gasteiger partial charge in [0.05, 0.1) is 0 Å². The molecule has 0 aliphatic rings. The van der Waals surface area contributed by atoms with Crippen LogP contribution in [0.15, 0.2) is 30.5 Å². The van der Waals surface area contributed by atoms with Crippen molar-refractivity contribution in [3.05, 3.63) is 36.0 Å². The number of fused-ring (bicyclic) bond motifs is 1. The quantitative estimate of drug-likeness (QED) is 0.704. The molecular formula is C16H23N. The zero-order valence-electron chi connectivity index (χ0n) is 11.2. The topological polar surface area (TPSA) is 4.93 Å². The van der Waals surface area contributed by atoms with E-state index in [0.717, 1.165) is 12.5 Å². The summed E-state index contributed by atoms with van der Waals surface area (Å²) in [4.78, 5) is 0. The van der Waals surface area contributed by atoms with Gasteiger partial charge >= 0.3 is 0 Å². The molecule has 0 N–H and O–H groups in total. The lowest BCUT2D eigenvalue weighted by atomic mass is 10.0. The summed E-state index contributed by atoms with van der Waals surface area (Å²) >= 11 is 0. The molecule has 0 unspecified atom stereocenters. The minimum atomic E-state index is 0.731. The van der Waals surface area contributed by atoms with Gasteiger partial charge in [-0.3, -0.25) is 0 Å². The number of unbranched alkanes of at least 4 members (excludes halogenated alkanes) is 1. The Hall–Kier alpha value is -1.24. The van der Waals surface area contributed by atoms with Crippen LogP contribution >= 0.6 is 0 Å². The van der Waals surface area contributed by atoms with Gasteiger partial charge in [-0.2, -0.15) is 0 Å². The number of hydrogen-bond acceptors (Lipinski definition) is 0. The highest BCUT2D eigenvalue weighted by Gasteiger charge is 2.03. The molecule has 1 aromatic carbocycles. The lowest BCUT2D eigenvalue weighted by molar-refractivity contribution is 0.646. The van der Waals surface area contributed by atoms with Crippen molar-refractivity contribution >= 4 is 10.9 Å². The van der Waals surface area contributed by atoms with Gasteiger partial charge in [0.15, 0.2) is 0 Å². The average molecular weight is 229 g/mol. The summed E-state index contributed by atoms with van der Waals surface area (Å²) < 4.78 is 2.37. The molecule has 17 heavy (non-hydrogen) atoms. The Morgan fingerprint density at radius 2 is 2.00 bits per heavy atom. The van der Waals surface area contributed by atoms with Crippen LogP contribution in [-0.2, 0) is 13.0 Å². The number of hydrogen-bond donors (Lipinski definition) is 0. The normalized spacial score (nSPS) is 11.5. The van der Waals surface area contributed by atoms with E-state index in [2.05, 4.69) is 55.8 Å². The van der Waals surface area contributed by atoms with E-state index in [1.807, 2.05) is 0 Å². The van der Waals surface area contributed by atoms with Crippen LogP contribution in [0.2, 0.25) is 0 Å². The predicted octanol–water partition coefficient (Wildman–Crippen LogP) is 4.64. The number of nitrogens with zero attached hydrogens (tertiary/aromatic N) is 1. The van der Waals surface area contributed by atoms with Crippen LogP contribution in [0.4, 0.5) is 0 Å². The van der Waals surface area contributed by atoms with E-state index in [9.17, 15) is 0 Å². The van der Waals surface area contributed by atoms with Crippen molar-refractivity contribution in [1.29, 1.82) is 0 Å². The van der Waals surface area contributed by atoms with Crippen LogP contribution in [0.25, 0.3) is 10.9 Å². The van der Waals surface area contributed by atoms with Crippen molar-refractivity contribution in [2.24, 2.45) is 5.92 Å². The minimum absolute atomic E-state index is 0.731.